The molecule has 0 radical (unpaired) electrons. The zero-order chi connectivity index (χ0) is 17.8. The van der Waals surface area contributed by atoms with E-state index in [9.17, 15) is 10.1 Å². The van der Waals surface area contributed by atoms with Gasteiger partial charge in [0, 0.05) is 17.9 Å². The maximum absolute atomic E-state index is 12.5. The predicted octanol–water partition coefficient (Wildman–Crippen LogP) is 3.36. The Morgan fingerprint density at radius 2 is 1.92 bits per heavy atom. The Balaban J connectivity index is 1.88. The number of amides is 1. The number of hydrogen-bond acceptors (Lipinski definition) is 4. The zero-order valence-electron chi connectivity index (χ0n) is 13.7. The summed E-state index contributed by atoms with van der Waals surface area (Å²) in [6.45, 7) is 2.05. The lowest BCUT2D eigenvalue weighted by Crippen LogP contribution is -2.26. The second-order valence-electron chi connectivity index (χ2n) is 5.86. The molecule has 2 aromatic carbocycles. The van der Waals surface area contributed by atoms with Crippen LogP contribution in [0.25, 0.3) is 0 Å². The summed E-state index contributed by atoms with van der Waals surface area (Å²) in [4.78, 5) is 14.4. The number of hydrogen-bond donors (Lipinski definition) is 1. The van der Waals surface area contributed by atoms with Crippen molar-refractivity contribution < 1.29 is 4.79 Å². The Morgan fingerprint density at radius 1 is 1.20 bits per heavy atom. The number of carbonyl (C=O) groups excluding carboxylic acids is 1. The van der Waals surface area contributed by atoms with Crippen LogP contribution >= 0.6 is 0 Å². The first-order valence-corrected chi connectivity index (χ1v) is 7.92. The van der Waals surface area contributed by atoms with E-state index in [4.69, 9.17) is 5.26 Å². The van der Waals surface area contributed by atoms with E-state index in [0.29, 0.717) is 11.3 Å². The number of para-hydroxylation sites is 2. The largest absolute Gasteiger partial charge is 0.343 e. The van der Waals surface area contributed by atoms with Crippen LogP contribution in [0.1, 0.15) is 18.1 Å². The second kappa shape index (κ2) is 6.90. The van der Waals surface area contributed by atoms with Crippen LogP contribution in [0.5, 0.6) is 0 Å². The smallest absolute Gasteiger partial charge is 0.267 e. The summed E-state index contributed by atoms with van der Waals surface area (Å²) in [6, 6.07) is 18.8. The first-order chi connectivity index (χ1) is 12.1. The molecule has 1 amide bonds. The third-order valence-electron chi connectivity index (χ3n) is 4.19. The van der Waals surface area contributed by atoms with Crippen molar-refractivity contribution in [2.45, 2.75) is 19.4 Å². The van der Waals surface area contributed by atoms with Crippen molar-refractivity contribution in [3.63, 3.8) is 0 Å². The van der Waals surface area contributed by atoms with Crippen molar-refractivity contribution in [2.24, 2.45) is 0 Å². The van der Waals surface area contributed by atoms with Gasteiger partial charge in [0.05, 0.1) is 11.3 Å². The van der Waals surface area contributed by atoms with Crippen molar-refractivity contribution in [3.8, 4) is 12.1 Å². The van der Waals surface area contributed by atoms with Gasteiger partial charge in [-0.25, -0.2) is 0 Å². The number of nitrogens with one attached hydrogen (secondary N) is 1. The summed E-state index contributed by atoms with van der Waals surface area (Å²) in [7, 11) is 0. The van der Waals surface area contributed by atoms with E-state index in [1.807, 2.05) is 42.2 Å². The molecule has 0 saturated carbocycles. The molecule has 1 aliphatic heterocycles. The molecule has 0 saturated heterocycles. The topological polar surface area (TPSA) is 79.9 Å². The van der Waals surface area contributed by atoms with E-state index < -0.39 is 5.91 Å². The number of carbonyl (C=O) groups is 1. The lowest BCUT2D eigenvalue weighted by Gasteiger charge is -2.20. The molecule has 0 aliphatic carbocycles. The number of nitrogens with zero attached hydrogens (tertiary/aromatic N) is 3. The molecule has 5 nitrogen and oxygen atoms in total. The molecule has 5 heteroatoms. The molecule has 122 valence electrons. The van der Waals surface area contributed by atoms with Crippen LogP contribution in [-0.2, 0) is 11.2 Å². The van der Waals surface area contributed by atoms with Crippen LogP contribution in [0.15, 0.2) is 60.3 Å². The molecule has 1 atom stereocenters. The van der Waals surface area contributed by atoms with Gasteiger partial charge in [0.1, 0.15) is 17.7 Å². The molecule has 3 rings (SSSR count). The molecular formula is C20H16N4O. The Labute approximate surface area is 146 Å². The lowest BCUT2D eigenvalue weighted by atomic mass is 10.1. The quantitative estimate of drug-likeness (QED) is 0.692. The minimum Gasteiger partial charge on any atom is -0.343 e. The molecule has 1 N–H and O–H groups in total. The number of fused-ring (bicyclic) bond motifs is 1. The Hall–Kier alpha value is -3.57. The standard InChI is InChI=1S/C20H16N4O/c1-14-10-15-6-3-5-9-19(15)24(14)13-17(12-22)20(25)23-18-8-4-2-7-16(18)11-21/h2-9,13-14H,10H2,1H3,(H,23,25)/b17-13-. The number of rotatable bonds is 3. The maximum Gasteiger partial charge on any atom is 0.267 e. The molecule has 0 fully saturated rings. The van der Waals surface area contributed by atoms with E-state index in [-0.39, 0.29) is 11.6 Å². The summed E-state index contributed by atoms with van der Waals surface area (Å²) >= 11 is 0. The predicted molar refractivity (Wildman–Crippen MR) is 95.6 cm³/mol. The van der Waals surface area contributed by atoms with Gasteiger partial charge >= 0.3 is 0 Å². The van der Waals surface area contributed by atoms with Gasteiger partial charge in [-0.2, -0.15) is 10.5 Å². The average Bonchev–Trinajstić information content (AvgIpc) is 2.95. The molecule has 25 heavy (non-hydrogen) atoms. The summed E-state index contributed by atoms with van der Waals surface area (Å²) in [5.74, 6) is -0.526. The number of nitriles is 2. The Morgan fingerprint density at radius 3 is 2.68 bits per heavy atom. The first kappa shape index (κ1) is 16.3. The minimum absolute atomic E-state index is 0.00343. The molecule has 0 aromatic heterocycles. The molecule has 1 heterocycles. The van der Waals surface area contributed by atoms with Gasteiger partial charge < -0.3 is 10.2 Å². The van der Waals surface area contributed by atoms with Crippen LogP contribution in [0.2, 0.25) is 0 Å². The SMILES string of the molecule is CC1Cc2ccccc2N1/C=C(/C#N)C(=O)Nc1ccccc1C#N. The van der Waals surface area contributed by atoms with Gasteiger partial charge in [-0.3, -0.25) is 4.79 Å². The molecular weight excluding hydrogens is 312 g/mol. The maximum atomic E-state index is 12.5. The first-order valence-electron chi connectivity index (χ1n) is 7.92. The van der Waals surface area contributed by atoms with Gasteiger partial charge in [-0.1, -0.05) is 30.3 Å². The summed E-state index contributed by atoms with van der Waals surface area (Å²) in [6.07, 6.45) is 2.45. The van der Waals surface area contributed by atoms with E-state index >= 15 is 0 Å². The highest BCUT2D eigenvalue weighted by Gasteiger charge is 2.25. The highest BCUT2D eigenvalue weighted by molar-refractivity contribution is 6.07. The van der Waals surface area contributed by atoms with E-state index in [0.717, 1.165) is 12.1 Å². The molecule has 1 aliphatic rings. The van der Waals surface area contributed by atoms with Crippen LogP contribution in [0, 0.1) is 22.7 Å². The monoisotopic (exact) mass is 328 g/mol. The molecule has 1 unspecified atom stereocenters. The van der Waals surface area contributed by atoms with Gasteiger partial charge in [0.2, 0.25) is 0 Å². The second-order valence-corrected chi connectivity index (χ2v) is 5.86. The van der Waals surface area contributed by atoms with Crippen LogP contribution in [0.3, 0.4) is 0 Å². The summed E-state index contributed by atoms with van der Waals surface area (Å²) in [5, 5.41) is 21.2. The van der Waals surface area contributed by atoms with Crippen molar-refractivity contribution in [1.82, 2.24) is 0 Å². The van der Waals surface area contributed by atoms with E-state index in [2.05, 4.69) is 11.4 Å². The van der Waals surface area contributed by atoms with Gasteiger partial charge in [-0.05, 0) is 37.1 Å². The van der Waals surface area contributed by atoms with E-state index in [1.54, 1.807) is 30.5 Å². The third kappa shape index (κ3) is 3.22. The van der Waals surface area contributed by atoms with Crippen molar-refractivity contribution >= 4 is 17.3 Å². The fourth-order valence-corrected chi connectivity index (χ4v) is 2.94. The normalized spacial score (nSPS) is 15.9. The fourth-order valence-electron chi connectivity index (χ4n) is 2.94. The molecule has 2 aromatic rings. The van der Waals surface area contributed by atoms with Crippen LogP contribution < -0.4 is 10.2 Å². The lowest BCUT2D eigenvalue weighted by molar-refractivity contribution is -0.112. The van der Waals surface area contributed by atoms with Crippen LogP contribution in [-0.4, -0.2) is 11.9 Å². The highest BCUT2D eigenvalue weighted by Crippen LogP contribution is 2.32. The summed E-state index contributed by atoms with van der Waals surface area (Å²) in [5.41, 5.74) is 2.95. The van der Waals surface area contributed by atoms with Gasteiger partial charge in [-0.15, -0.1) is 0 Å². The van der Waals surface area contributed by atoms with Crippen molar-refractivity contribution in [1.29, 1.82) is 10.5 Å². The Bertz CT molecular complexity index is 933. The van der Waals surface area contributed by atoms with Crippen LogP contribution in [0.4, 0.5) is 11.4 Å². The molecule has 0 spiro atoms. The van der Waals surface area contributed by atoms with Gasteiger partial charge in [0.15, 0.2) is 0 Å². The minimum atomic E-state index is -0.526. The van der Waals surface area contributed by atoms with E-state index in [1.165, 1.54) is 5.56 Å². The Kier molecular flexibility index (Phi) is 4.50. The number of anilines is 2. The highest BCUT2D eigenvalue weighted by atomic mass is 16.1. The zero-order valence-corrected chi connectivity index (χ0v) is 13.7. The molecule has 0 bridgehead atoms. The average molecular weight is 328 g/mol. The van der Waals surface area contributed by atoms with Crippen molar-refractivity contribution in [3.05, 3.63) is 71.4 Å². The van der Waals surface area contributed by atoms with Gasteiger partial charge in [0.25, 0.3) is 5.91 Å². The number of benzene rings is 2. The summed E-state index contributed by atoms with van der Waals surface area (Å²) < 4.78 is 0. The van der Waals surface area contributed by atoms with Crippen molar-refractivity contribution in [2.75, 3.05) is 10.2 Å². The fraction of sp³-hybridized carbons (Fsp3) is 0.150. The third-order valence-corrected chi connectivity index (χ3v) is 4.19.